The lowest BCUT2D eigenvalue weighted by Gasteiger charge is -2.07. The summed E-state index contributed by atoms with van der Waals surface area (Å²) in [7, 11) is 0.430. The quantitative estimate of drug-likeness (QED) is 0.440. The molecule has 0 fully saturated rings. The van der Waals surface area contributed by atoms with Crippen LogP contribution in [0.25, 0.3) is 0 Å². The first-order valence-corrected chi connectivity index (χ1v) is 6.86. The molecule has 1 aromatic heterocycles. The van der Waals surface area contributed by atoms with Crippen LogP contribution in [0.5, 0.6) is 5.88 Å². The molecule has 0 bridgehead atoms. The molecule has 0 saturated carbocycles. The predicted molar refractivity (Wildman–Crippen MR) is 67.3 cm³/mol. The van der Waals surface area contributed by atoms with Gasteiger partial charge in [0, 0.05) is 29.4 Å². The van der Waals surface area contributed by atoms with E-state index in [0.717, 1.165) is 0 Å². The molecule has 100 valence electrons. The minimum absolute atomic E-state index is 0.0865. The molecule has 0 spiro atoms. The van der Waals surface area contributed by atoms with Crippen molar-refractivity contribution in [1.82, 2.24) is 9.97 Å². The first kappa shape index (κ1) is 14.3. The van der Waals surface area contributed by atoms with Crippen LogP contribution < -0.4 is 10.1 Å². The van der Waals surface area contributed by atoms with Crippen LogP contribution in [0.4, 0.5) is 11.5 Å². The summed E-state index contributed by atoms with van der Waals surface area (Å²) in [6.45, 7) is 0.445. The van der Waals surface area contributed by atoms with Crippen molar-refractivity contribution in [3.63, 3.8) is 0 Å². The molecule has 0 aliphatic carbocycles. The van der Waals surface area contributed by atoms with Crippen LogP contribution in [-0.2, 0) is 10.8 Å². The fourth-order valence-corrected chi connectivity index (χ4v) is 1.84. The molecule has 1 unspecified atom stereocenters. The van der Waals surface area contributed by atoms with Gasteiger partial charge in [-0.05, 0) is 6.42 Å². The van der Waals surface area contributed by atoms with E-state index in [1.807, 2.05) is 0 Å². The van der Waals surface area contributed by atoms with Gasteiger partial charge < -0.3 is 10.1 Å². The summed E-state index contributed by atoms with van der Waals surface area (Å²) in [6, 6.07) is 0. The molecule has 0 aromatic carbocycles. The molecule has 9 heteroatoms. The van der Waals surface area contributed by atoms with Gasteiger partial charge in [-0.3, -0.25) is 14.3 Å². The summed E-state index contributed by atoms with van der Waals surface area (Å²) in [5, 5.41) is 13.7. The Morgan fingerprint density at radius 3 is 2.83 bits per heavy atom. The van der Waals surface area contributed by atoms with Gasteiger partial charge in [0.2, 0.25) is 5.82 Å². The van der Waals surface area contributed by atoms with Gasteiger partial charge in [0.15, 0.2) is 0 Å². The Labute approximate surface area is 106 Å². The smallest absolute Gasteiger partial charge is 0.372 e. The molecule has 1 heterocycles. The highest BCUT2D eigenvalue weighted by molar-refractivity contribution is 7.84. The van der Waals surface area contributed by atoms with Crippen LogP contribution in [0.15, 0.2) is 6.33 Å². The standard InChI is InChI=1S/C9H14N4O4S/c1-17-9-7(13(14)15)8(11-6-12-9)10-4-3-5-18(2)16/h6H,3-5H2,1-2H3,(H,10,11,12). The zero-order valence-corrected chi connectivity index (χ0v) is 10.9. The number of nitrogens with zero attached hydrogens (tertiary/aromatic N) is 3. The van der Waals surface area contributed by atoms with E-state index < -0.39 is 15.7 Å². The molecule has 0 aliphatic heterocycles. The Balaban J connectivity index is 2.75. The van der Waals surface area contributed by atoms with Crippen molar-refractivity contribution in [1.29, 1.82) is 0 Å². The van der Waals surface area contributed by atoms with Crippen LogP contribution in [0.1, 0.15) is 6.42 Å². The van der Waals surface area contributed by atoms with E-state index in [1.54, 1.807) is 6.26 Å². The molecule has 0 amide bonds. The van der Waals surface area contributed by atoms with Crippen LogP contribution in [0.3, 0.4) is 0 Å². The SMILES string of the molecule is COc1ncnc(NCCCS(C)=O)c1[N+](=O)[O-]. The second-order valence-corrected chi connectivity index (χ2v) is 4.95. The maximum Gasteiger partial charge on any atom is 0.372 e. The van der Waals surface area contributed by atoms with Gasteiger partial charge in [0.1, 0.15) is 6.33 Å². The fraction of sp³-hybridized carbons (Fsp3) is 0.556. The lowest BCUT2D eigenvalue weighted by molar-refractivity contribution is -0.385. The highest BCUT2D eigenvalue weighted by Crippen LogP contribution is 2.30. The summed E-state index contributed by atoms with van der Waals surface area (Å²) in [5.41, 5.74) is -0.294. The van der Waals surface area contributed by atoms with Crippen molar-refractivity contribution in [3.8, 4) is 5.88 Å². The molecule has 0 saturated heterocycles. The first-order chi connectivity index (χ1) is 8.56. The van der Waals surface area contributed by atoms with E-state index in [-0.39, 0.29) is 17.4 Å². The summed E-state index contributed by atoms with van der Waals surface area (Å²) in [6.07, 6.45) is 3.43. The summed E-state index contributed by atoms with van der Waals surface area (Å²) >= 11 is 0. The first-order valence-electron chi connectivity index (χ1n) is 5.13. The van der Waals surface area contributed by atoms with Crippen molar-refractivity contribution in [3.05, 3.63) is 16.4 Å². The van der Waals surface area contributed by atoms with E-state index >= 15 is 0 Å². The second-order valence-electron chi connectivity index (χ2n) is 3.39. The average Bonchev–Trinajstić information content (AvgIpc) is 2.33. The molecule has 18 heavy (non-hydrogen) atoms. The monoisotopic (exact) mass is 274 g/mol. The largest absolute Gasteiger partial charge is 0.476 e. The Bertz CT molecular complexity index is 454. The van der Waals surface area contributed by atoms with E-state index in [2.05, 4.69) is 15.3 Å². The third-order valence-corrected chi connectivity index (χ3v) is 2.93. The maximum absolute atomic E-state index is 10.9. The van der Waals surface area contributed by atoms with Crippen molar-refractivity contribution in [2.75, 3.05) is 31.0 Å². The van der Waals surface area contributed by atoms with Crippen LogP contribution in [0.2, 0.25) is 0 Å². The van der Waals surface area contributed by atoms with Crippen LogP contribution in [0, 0.1) is 10.1 Å². The molecule has 1 N–H and O–H groups in total. The average molecular weight is 274 g/mol. The van der Waals surface area contributed by atoms with Crippen molar-refractivity contribution < 1.29 is 13.9 Å². The molecule has 0 radical (unpaired) electrons. The van der Waals surface area contributed by atoms with Gasteiger partial charge in [-0.25, -0.2) is 4.98 Å². The Morgan fingerprint density at radius 2 is 2.28 bits per heavy atom. The van der Waals surface area contributed by atoms with E-state index in [1.165, 1.54) is 13.4 Å². The zero-order chi connectivity index (χ0) is 13.5. The van der Waals surface area contributed by atoms with Crippen molar-refractivity contribution in [2.45, 2.75) is 6.42 Å². The number of methoxy groups -OCH3 is 1. The maximum atomic E-state index is 10.9. The Kier molecular flexibility index (Phi) is 5.43. The normalized spacial score (nSPS) is 11.9. The second kappa shape index (κ2) is 6.84. The Hall–Kier alpha value is -1.77. The van der Waals surface area contributed by atoms with Gasteiger partial charge in [-0.15, -0.1) is 0 Å². The van der Waals surface area contributed by atoms with Crippen LogP contribution in [-0.4, -0.2) is 44.8 Å². The molecule has 8 nitrogen and oxygen atoms in total. The zero-order valence-electron chi connectivity index (χ0n) is 10.1. The predicted octanol–water partition coefficient (Wildman–Crippen LogP) is 0.574. The highest BCUT2D eigenvalue weighted by atomic mass is 32.2. The van der Waals surface area contributed by atoms with Crippen molar-refractivity contribution >= 4 is 22.3 Å². The number of aromatic nitrogens is 2. The summed E-state index contributed by atoms with van der Waals surface area (Å²) in [5.74, 6) is 0.550. The molecule has 1 aromatic rings. The topological polar surface area (TPSA) is 107 Å². The summed E-state index contributed by atoms with van der Waals surface area (Å²) in [4.78, 5) is 17.8. The highest BCUT2D eigenvalue weighted by Gasteiger charge is 2.23. The lowest BCUT2D eigenvalue weighted by atomic mass is 10.4. The minimum atomic E-state index is -0.875. The molecular weight excluding hydrogens is 260 g/mol. The van der Waals surface area contributed by atoms with Gasteiger partial charge >= 0.3 is 5.69 Å². The number of nitrogens with one attached hydrogen (secondary N) is 1. The van der Waals surface area contributed by atoms with Crippen LogP contribution >= 0.6 is 0 Å². The van der Waals surface area contributed by atoms with E-state index in [9.17, 15) is 14.3 Å². The number of rotatable bonds is 7. The number of ether oxygens (including phenoxy) is 1. The number of hydrogen-bond acceptors (Lipinski definition) is 7. The number of nitro groups is 1. The fourth-order valence-electron chi connectivity index (χ4n) is 1.29. The van der Waals surface area contributed by atoms with Crippen molar-refractivity contribution in [2.24, 2.45) is 0 Å². The molecule has 1 rings (SSSR count). The van der Waals surface area contributed by atoms with E-state index in [4.69, 9.17) is 4.74 Å². The molecule has 1 atom stereocenters. The Morgan fingerprint density at radius 1 is 1.56 bits per heavy atom. The number of hydrogen-bond donors (Lipinski definition) is 1. The summed E-state index contributed by atoms with van der Waals surface area (Å²) < 4.78 is 15.7. The minimum Gasteiger partial charge on any atom is -0.476 e. The molecular formula is C9H14N4O4S. The van der Waals surface area contributed by atoms with Gasteiger partial charge in [0.25, 0.3) is 5.88 Å². The van der Waals surface area contributed by atoms with E-state index in [0.29, 0.717) is 18.7 Å². The lowest BCUT2D eigenvalue weighted by Crippen LogP contribution is -2.10. The molecule has 0 aliphatic rings. The third kappa shape index (κ3) is 3.91. The van der Waals surface area contributed by atoms with Gasteiger partial charge in [-0.2, -0.15) is 4.98 Å². The van der Waals surface area contributed by atoms with Gasteiger partial charge in [0.05, 0.1) is 12.0 Å². The number of anilines is 1. The third-order valence-electron chi connectivity index (χ3n) is 2.07. The van der Waals surface area contributed by atoms with Gasteiger partial charge in [-0.1, -0.05) is 0 Å².